The van der Waals surface area contributed by atoms with Crippen molar-refractivity contribution >= 4 is 21.8 Å². The second kappa shape index (κ2) is 6.68. The van der Waals surface area contributed by atoms with Crippen LogP contribution in [0.1, 0.15) is 10.4 Å². The first-order valence-corrected chi connectivity index (χ1v) is 5.74. The summed E-state index contributed by atoms with van der Waals surface area (Å²) in [6.45, 7) is -0.104. The van der Waals surface area contributed by atoms with Gasteiger partial charge in [-0.3, -0.25) is 4.79 Å². The fourth-order valence-corrected chi connectivity index (χ4v) is 1.65. The minimum atomic E-state index is -0.626. The Labute approximate surface area is 107 Å². The highest BCUT2D eigenvalue weighted by Crippen LogP contribution is 2.18. The minimum absolute atomic E-state index is 0.0751. The molecule has 17 heavy (non-hydrogen) atoms. The Kier molecular flexibility index (Phi) is 5.54. The van der Waals surface area contributed by atoms with Gasteiger partial charge in [0, 0.05) is 7.11 Å². The van der Waals surface area contributed by atoms with Gasteiger partial charge >= 0.3 is 0 Å². The minimum Gasteiger partial charge on any atom is -0.394 e. The summed E-state index contributed by atoms with van der Waals surface area (Å²) in [5, 5.41) is 11.5. The van der Waals surface area contributed by atoms with Crippen molar-refractivity contribution in [2.24, 2.45) is 0 Å². The highest BCUT2D eigenvalue weighted by molar-refractivity contribution is 9.10. The first-order chi connectivity index (χ1) is 8.10. The van der Waals surface area contributed by atoms with E-state index in [-0.39, 0.29) is 23.2 Å². The van der Waals surface area contributed by atoms with Crippen molar-refractivity contribution in [2.45, 2.75) is 6.04 Å². The number of carbonyl (C=O) groups is 1. The maximum atomic E-state index is 13.6. The van der Waals surface area contributed by atoms with Crippen molar-refractivity contribution in [3.05, 3.63) is 34.1 Å². The largest absolute Gasteiger partial charge is 0.394 e. The first-order valence-electron chi connectivity index (χ1n) is 4.94. The number of aliphatic hydroxyl groups is 1. The third kappa shape index (κ3) is 3.76. The second-order valence-corrected chi connectivity index (χ2v) is 4.26. The van der Waals surface area contributed by atoms with Crippen LogP contribution in [-0.2, 0) is 4.74 Å². The monoisotopic (exact) mass is 305 g/mol. The number of methoxy groups -OCH3 is 1. The van der Waals surface area contributed by atoms with E-state index in [4.69, 9.17) is 9.84 Å². The third-order valence-electron chi connectivity index (χ3n) is 2.12. The zero-order chi connectivity index (χ0) is 12.8. The molecule has 94 valence electrons. The van der Waals surface area contributed by atoms with Gasteiger partial charge in [0.2, 0.25) is 0 Å². The number of rotatable bonds is 5. The number of carbonyl (C=O) groups excluding carboxylic acids is 1. The van der Waals surface area contributed by atoms with Crippen molar-refractivity contribution in [3.63, 3.8) is 0 Å². The molecule has 0 saturated carbocycles. The van der Waals surface area contributed by atoms with E-state index in [1.54, 1.807) is 6.07 Å². The Balaban J connectivity index is 2.79. The van der Waals surface area contributed by atoms with Crippen LogP contribution in [0.15, 0.2) is 22.7 Å². The predicted molar refractivity (Wildman–Crippen MR) is 64.3 cm³/mol. The van der Waals surface area contributed by atoms with Gasteiger partial charge in [0.25, 0.3) is 5.91 Å². The molecule has 1 atom stereocenters. The molecular weight excluding hydrogens is 293 g/mol. The van der Waals surface area contributed by atoms with Crippen molar-refractivity contribution < 1.29 is 19.0 Å². The molecule has 1 rings (SSSR count). The van der Waals surface area contributed by atoms with Gasteiger partial charge < -0.3 is 15.2 Å². The van der Waals surface area contributed by atoms with E-state index in [0.29, 0.717) is 0 Å². The van der Waals surface area contributed by atoms with Crippen molar-refractivity contribution in [1.29, 1.82) is 0 Å². The van der Waals surface area contributed by atoms with Gasteiger partial charge in [-0.2, -0.15) is 0 Å². The number of halogens is 2. The van der Waals surface area contributed by atoms with E-state index in [1.807, 2.05) is 0 Å². The molecule has 0 spiro atoms. The Morgan fingerprint density at radius 3 is 2.94 bits per heavy atom. The summed E-state index contributed by atoms with van der Waals surface area (Å²) in [6.07, 6.45) is 0. The van der Waals surface area contributed by atoms with Crippen LogP contribution in [0, 0.1) is 5.82 Å². The van der Waals surface area contributed by atoms with Gasteiger partial charge in [-0.25, -0.2) is 4.39 Å². The molecular formula is C11H13BrFNO3. The molecule has 0 aliphatic rings. The van der Waals surface area contributed by atoms with Gasteiger partial charge in [0.05, 0.1) is 29.3 Å². The van der Waals surface area contributed by atoms with E-state index >= 15 is 0 Å². The molecule has 6 heteroatoms. The molecule has 0 fully saturated rings. The van der Waals surface area contributed by atoms with Crippen LogP contribution in [0.2, 0.25) is 0 Å². The molecule has 0 bridgehead atoms. The average molecular weight is 306 g/mol. The van der Waals surface area contributed by atoms with Gasteiger partial charge in [-0.05, 0) is 28.1 Å². The normalized spacial score (nSPS) is 12.2. The van der Waals surface area contributed by atoms with Crippen LogP contribution in [0.3, 0.4) is 0 Å². The molecule has 4 nitrogen and oxygen atoms in total. The molecule has 2 N–H and O–H groups in total. The fraction of sp³-hybridized carbons (Fsp3) is 0.364. The molecule has 1 unspecified atom stereocenters. The molecule has 1 aromatic rings. The van der Waals surface area contributed by atoms with Crippen LogP contribution in [0.4, 0.5) is 4.39 Å². The number of amides is 1. The van der Waals surface area contributed by atoms with E-state index in [1.165, 1.54) is 19.2 Å². The smallest absolute Gasteiger partial charge is 0.254 e. The van der Waals surface area contributed by atoms with Crippen molar-refractivity contribution in [3.8, 4) is 0 Å². The van der Waals surface area contributed by atoms with Gasteiger partial charge in [-0.1, -0.05) is 6.07 Å². The Morgan fingerprint density at radius 2 is 2.35 bits per heavy atom. The first kappa shape index (κ1) is 14.1. The lowest BCUT2D eigenvalue weighted by atomic mass is 10.2. The number of hydrogen-bond acceptors (Lipinski definition) is 3. The number of benzene rings is 1. The third-order valence-corrected chi connectivity index (χ3v) is 2.73. The Bertz CT molecular complexity index is 400. The van der Waals surface area contributed by atoms with E-state index in [0.717, 1.165) is 0 Å². The summed E-state index contributed by atoms with van der Waals surface area (Å²) in [5.74, 6) is -1.21. The SMILES string of the molecule is COCC(CO)NC(=O)c1cccc(Br)c1F. The van der Waals surface area contributed by atoms with Crippen LogP contribution >= 0.6 is 15.9 Å². The average Bonchev–Trinajstić information content (AvgIpc) is 2.31. The lowest BCUT2D eigenvalue weighted by molar-refractivity contribution is 0.0836. The van der Waals surface area contributed by atoms with Gasteiger partial charge in [-0.15, -0.1) is 0 Å². The highest BCUT2D eigenvalue weighted by atomic mass is 79.9. The van der Waals surface area contributed by atoms with E-state index in [9.17, 15) is 9.18 Å². The lowest BCUT2D eigenvalue weighted by Gasteiger charge is -2.15. The maximum absolute atomic E-state index is 13.6. The van der Waals surface area contributed by atoms with Crippen LogP contribution in [-0.4, -0.2) is 37.4 Å². The fourth-order valence-electron chi connectivity index (χ4n) is 1.28. The highest BCUT2D eigenvalue weighted by Gasteiger charge is 2.17. The van der Waals surface area contributed by atoms with Crippen LogP contribution in [0.5, 0.6) is 0 Å². The zero-order valence-corrected chi connectivity index (χ0v) is 10.8. The summed E-state index contributed by atoms with van der Waals surface area (Å²) >= 11 is 3.00. The molecule has 0 aliphatic heterocycles. The summed E-state index contributed by atoms with van der Waals surface area (Å²) in [7, 11) is 1.45. The van der Waals surface area contributed by atoms with Crippen LogP contribution in [0.25, 0.3) is 0 Å². The van der Waals surface area contributed by atoms with E-state index in [2.05, 4.69) is 21.2 Å². The lowest BCUT2D eigenvalue weighted by Crippen LogP contribution is -2.40. The number of nitrogens with one attached hydrogen (secondary N) is 1. The molecule has 0 aromatic heterocycles. The van der Waals surface area contributed by atoms with Crippen molar-refractivity contribution in [1.82, 2.24) is 5.32 Å². The zero-order valence-electron chi connectivity index (χ0n) is 9.24. The Hall–Kier alpha value is -0.980. The van der Waals surface area contributed by atoms with Crippen LogP contribution < -0.4 is 5.32 Å². The summed E-state index contributed by atoms with van der Waals surface area (Å²) < 4.78 is 18.6. The molecule has 0 aliphatic carbocycles. The number of ether oxygens (including phenoxy) is 1. The maximum Gasteiger partial charge on any atom is 0.254 e. The van der Waals surface area contributed by atoms with Gasteiger partial charge in [0.1, 0.15) is 5.82 Å². The molecule has 1 aromatic carbocycles. The molecule has 0 saturated heterocycles. The summed E-state index contributed by atoms with van der Waals surface area (Å²) in [6, 6.07) is 3.89. The summed E-state index contributed by atoms with van der Waals surface area (Å²) in [4.78, 5) is 11.7. The summed E-state index contributed by atoms with van der Waals surface area (Å²) in [5.41, 5.74) is -0.0751. The number of aliphatic hydroxyl groups excluding tert-OH is 1. The molecule has 0 radical (unpaired) electrons. The quantitative estimate of drug-likeness (QED) is 0.863. The molecule has 0 heterocycles. The van der Waals surface area contributed by atoms with Crippen molar-refractivity contribution in [2.75, 3.05) is 20.3 Å². The Morgan fingerprint density at radius 1 is 1.65 bits per heavy atom. The standard InChI is InChI=1S/C11H13BrFNO3/c1-17-6-7(5-15)14-11(16)8-3-2-4-9(12)10(8)13/h2-4,7,15H,5-6H2,1H3,(H,14,16). The van der Waals surface area contributed by atoms with E-state index < -0.39 is 17.8 Å². The second-order valence-electron chi connectivity index (χ2n) is 3.41. The molecule has 1 amide bonds. The number of hydrogen-bond donors (Lipinski definition) is 2. The van der Waals surface area contributed by atoms with Gasteiger partial charge in [0.15, 0.2) is 0 Å². The topological polar surface area (TPSA) is 58.6 Å². The predicted octanol–water partition coefficient (Wildman–Crippen LogP) is 1.33.